The molecule has 0 aromatic carbocycles. The van der Waals surface area contributed by atoms with Crippen LogP contribution in [-0.4, -0.2) is 11.7 Å². The largest absolute Gasteiger partial charge is 0.396 e. The van der Waals surface area contributed by atoms with E-state index in [-0.39, 0.29) is 0 Å². The zero-order valence-electron chi connectivity index (χ0n) is 11.3. The molecule has 0 heterocycles. The second kappa shape index (κ2) is 8.15. The fourth-order valence-corrected chi connectivity index (χ4v) is 2.06. The molecule has 0 radical (unpaired) electrons. The maximum absolute atomic E-state index is 9.37. The van der Waals surface area contributed by atoms with E-state index in [4.69, 9.17) is 0 Å². The molecule has 3 unspecified atom stereocenters. The van der Waals surface area contributed by atoms with Crippen molar-refractivity contribution < 1.29 is 5.11 Å². The van der Waals surface area contributed by atoms with Crippen LogP contribution in [-0.2, 0) is 0 Å². The van der Waals surface area contributed by atoms with E-state index >= 15 is 0 Å². The van der Waals surface area contributed by atoms with Crippen LogP contribution in [0.5, 0.6) is 0 Å². The predicted octanol–water partition coefficient (Wildman–Crippen LogP) is 4.10. The summed E-state index contributed by atoms with van der Waals surface area (Å²) < 4.78 is 0. The molecule has 0 aromatic rings. The van der Waals surface area contributed by atoms with E-state index in [1.807, 2.05) is 0 Å². The van der Waals surface area contributed by atoms with E-state index in [1.54, 1.807) is 0 Å². The van der Waals surface area contributed by atoms with Crippen LogP contribution in [0.1, 0.15) is 60.3 Å². The van der Waals surface area contributed by atoms with E-state index in [2.05, 4.69) is 34.6 Å². The molecule has 3 atom stereocenters. The minimum atomic E-state index is 0.367. The maximum Gasteiger partial charge on any atom is 0.0461 e. The number of hydrogen-bond acceptors (Lipinski definition) is 1. The Balaban J connectivity index is 3.88. The first-order valence-electron chi connectivity index (χ1n) is 6.63. The topological polar surface area (TPSA) is 20.2 Å². The summed E-state index contributed by atoms with van der Waals surface area (Å²) in [6.45, 7) is 11.8. The Morgan fingerprint density at radius 3 is 1.87 bits per heavy atom. The van der Waals surface area contributed by atoms with Gasteiger partial charge in [-0.25, -0.2) is 0 Å². The number of hydrogen-bond donors (Lipinski definition) is 1. The fraction of sp³-hybridized carbons (Fsp3) is 1.00. The Kier molecular flexibility index (Phi) is 8.13. The highest BCUT2D eigenvalue weighted by molar-refractivity contribution is 4.68. The van der Waals surface area contributed by atoms with Gasteiger partial charge < -0.3 is 5.11 Å². The Morgan fingerprint density at radius 2 is 1.47 bits per heavy atom. The van der Waals surface area contributed by atoms with Crippen molar-refractivity contribution in [3.63, 3.8) is 0 Å². The first-order valence-corrected chi connectivity index (χ1v) is 6.63. The summed E-state index contributed by atoms with van der Waals surface area (Å²) in [6, 6.07) is 0. The zero-order chi connectivity index (χ0) is 11.8. The normalized spacial score (nSPS) is 17.8. The number of aliphatic hydroxyl groups excluding tert-OH is 1. The molecule has 0 amide bonds. The van der Waals surface area contributed by atoms with Crippen molar-refractivity contribution in [1.29, 1.82) is 0 Å². The first-order chi connectivity index (χ1) is 7.02. The zero-order valence-corrected chi connectivity index (χ0v) is 11.3. The smallest absolute Gasteiger partial charge is 0.0461 e. The van der Waals surface area contributed by atoms with Crippen molar-refractivity contribution in [2.24, 2.45) is 23.7 Å². The molecule has 0 aliphatic carbocycles. The maximum atomic E-state index is 9.37. The molecule has 1 nitrogen and oxygen atoms in total. The molecule has 0 aliphatic heterocycles. The summed E-state index contributed by atoms with van der Waals surface area (Å²) in [7, 11) is 0. The minimum absolute atomic E-state index is 0.367. The van der Waals surface area contributed by atoms with Crippen molar-refractivity contribution in [2.75, 3.05) is 6.61 Å². The molecule has 1 heteroatoms. The molecular weight excluding hydrogens is 184 g/mol. The second-order valence-corrected chi connectivity index (χ2v) is 5.51. The Morgan fingerprint density at radius 1 is 0.867 bits per heavy atom. The average Bonchev–Trinajstić information content (AvgIpc) is 2.18. The van der Waals surface area contributed by atoms with Crippen LogP contribution in [0.3, 0.4) is 0 Å². The predicted molar refractivity (Wildman–Crippen MR) is 67.9 cm³/mol. The molecule has 0 fully saturated rings. The van der Waals surface area contributed by atoms with Gasteiger partial charge >= 0.3 is 0 Å². The van der Waals surface area contributed by atoms with Crippen LogP contribution in [0.25, 0.3) is 0 Å². The first kappa shape index (κ1) is 15.0. The fourth-order valence-electron chi connectivity index (χ4n) is 2.06. The molecule has 92 valence electrons. The van der Waals surface area contributed by atoms with Gasteiger partial charge in [0.1, 0.15) is 0 Å². The van der Waals surface area contributed by atoms with Crippen LogP contribution in [0.2, 0.25) is 0 Å². The van der Waals surface area contributed by atoms with Gasteiger partial charge in [0.15, 0.2) is 0 Å². The monoisotopic (exact) mass is 214 g/mol. The van der Waals surface area contributed by atoms with Crippen molar-refractivity contribution in [3.05, 3.63) is 0 Å². The Bertz CT molecular complexity index is 142. The van der Waals surface area contributed by atoms with Crippen LogP contribution in [0.4, 0.5) is 0 Å². The third kappa shape index (κ3) is 6.19. The van der Waals surface area contributed by atoms with Gasteiger partial charge in [0.25, 0.3) is 0 Å². The second-order valence-electron chi connectivity index (χ2n) is 5.51. The highest BCUT2D eigenvalue weighted by Crippen LogP contribution is 2.25. The summed E-state index contributed by atoms with van der Waals surface area (Å²) in [5, 5.41) is 9.37. The van der Waals surface area contributed by atoms with E-state index in [1.165, 1.54) is 25.7 Å². The van der Waals surface area contributed by atoms with E-state index in [0.717, 1.165) is 11.8 Å². The van der Waals surface area contributed by atoms with Gasteiger partial charge in [0.2, 0.25) is 0 Å². The highest BCUT2D eigenvalue weighted by atomic mass is 16.3. The van der Waals surface area contributed by atoms with Gasteiger partial charge in [-0.05, 0) is 30.1 Å². The van der Waals surface area contributed by atoms with Crippen molar-refractivity contribution >= 4 is 0 Å². The molecule has 0 spiro atoms. The summed E-state index contributed by atoms with van der Waals surface area (Å²) in [5.74, 6) is 2.75. The third-order valence-corrected chi connectivity index (χ3v) is 3.91. The van der Waals surface area contributed by atoms with Gasteiger partial charge in [-0.2, -0.15) is 0 Å². The molecule has 15 heavy (non-hydrogen) atoms. The summed E-state index contributed by atoms with van der Waals surface area (Å²) >= 11 is 0. The van der Waals surface area contributed by atoms with Crippen molar-refractivity contribution in [3.8, 4) is 0 Å². The van der Waals surface area contributed by atoms with Crippen LogP contribution < -0.4 is 0 Å². The van der Waals surface area contributed by atoms with Gasteiger partial charge in [-0.3, -0.25) is 0 Å². The lowest BCUT2D eigenvalue weighted by Gasteiger charge is -2.24. The molecule has 0 bridgehead atoms. The van der Waals surface area contributed by atoms with Crippen molar-refractivity contribution in [2.45, 2.75) is 60.3 Å². The quantitative estimate of drug-likeness (QED) is 0.645. The number of rotatable bonds is 8. The SMILES string of the molecule is CCCC(C)C(CO)CCC(C)C(C)C. The third-order valence-electron chi connectivity index (χ3n) is 3.91. The van der Waals surface area contributed by atoms with E-state index in [0.29, 0.717) is 18.4 Å². The van der Waals surface area contributed by atoms with Crippen LogP contribution in [0.15, 0.2) is 0 Å². The summed E-state index contributed by atoms with van der Waals surface area (Å²) in [4.78, 5) is 0. The van der Waals surface area contributed by atoms with E-state index < -0.39 is 0 Å². The Labute approximate surface area is 96.3 Å². The van der Waals surface area contributed by atoms with E-state index in [9.17, 15) is 5.11 Å². The lowest BCUT2D eigenvalue weighted by atomic mass is 9.83. The van der Waals surface area contributed by atoms with Gasteiger partial charge in [-0.15, -0.1) is 0 Å². The minimum Gasteiger partial charge on any atom is -0.396 e. The summed E-state index contributed by atoms with van der Waals surface area (Å²) in [5.41, 5.74) is 0. The summed E-state index contributed by atoms with van der Waals surface area (Å²) in [6.07, 6.45) is 4.94. The molecule has 0 aromatic heterocycles. The standard InChI is InChI=1S/C14H30O/c1-6-7-13(5)14(10-15)9-8-12(4)11(2)3/h11-15H,6-10H2,1-5H3. The molecule has 0 saturated heterocycles. The van der Waals surface area contributed by atoms with Gasteiger partial charge in [-0.1, -0.05) is 53.9 Å². The van der Waals surface area contributed by atoms with Crippen molar-refractivity contribution in [1.82, 2.24) is 0 Å². The van der Waals surface area contributed by atoms with Gasteiger partial charge in [0, 0.05) is 6.61 Å². The van der Waals surface area contributed by atoms with Crippen LogP contribution in [0, 0.1) is 23.7 Å². The Hall–Kier alpha value is -0.0400. The van der Waals surface area contributed by atoms with Gasteiger partial charge in [0.05, 0.1) is 0 Å². The molecule has 0 rings (SSSR count). The average molecular weight is 214 g/mol. The lowest BCUT2D eigenvalue weighted by molar-refractivity contribution is 0.157. The molecular formula is C14H30O. The number of aliphatic hydroxyl groups is 1. The molecule has 0 saturated carbocycles. The highest BCUT2D eigenvalue weighted by Gasteiger charge is 2.17. The molecule has 0 aliphatic rings. The molecule has 1 N–H and O–H groups in total. The van der Waals surface area contributed by atoms with Crippen LogP contribution >= 0.6 is 0 Å². The lowest BCUT2D eigenvalue weighted by Crippen LogP contribution is -2.18.